The minimum absolute atomic E-state index is 0.193. The molecule has 2 rings (SSSR count). The minimum Gasteiger partial charge on any atom is -0.368 e. The summed E-state index contributed by atoms with van der Waals surface area (Å²) in [4.78, 5) is 10.9. The van der Waals surface area contributed by atoms with Crippen LogP contribution in [-0.2, 0) is 4.79 Å². The molecule has 1 aliphatic rings. The molecule has 0 radical (unpaired) electrons. The highest BCUT2D eigenvalue weighted by molar-refractivity contribution is 5.80. The quantitative estimate of drug-likeness (QED) is 0.637. The van der Waals surface area contributed by atoms with Gasteiger partial charge in [0.15, 0.2) is 6.23 Å². The van der Waals surface area contributed by atoms with E-state index >= 15 is 0 Å². The van der Waals surface area contributed by atoms with Crippen molar-refractivity contribution in [2.45, 2.75) is 13.2 Å². The molecule has 4 nitrogen and oxygen atoms in total. The molecule has 0 fully saturated rings. The third-order valence-electron chi connectivity index (χ3n) is 2.18. The van der Waals surface area contributed by atoms with Gasteiger partial charge in [-0.15, -0.1) is 0 Å². The standard InChI is InChI=1S/C11H12N2O2/c1-7(14)12-10-6-8-4-2-3-5-9(8)13-11(10)15/h2-6,11,13,15H,1H3,(H,12,14). The Morgan fingerprint density at radius 3 is 2.93 bits per heavy atom. The smallest absolute Gasteiger partial charge is 0.221 e. The molecule has 0 spiro atoms. The number of aliphatic hydroxyl groups excluding tert-OH is 1. The zero-order chi connectivity index (χ0) is 10.8. The molecule has 0 aromatic heterocycles. The summed E-state index contributed by atoms with van der Waals surface area (Å²) in [5.74, 6) is -0.193. The van der Waals surface area contributed by atoms with Gasteiger partial charge < -0.3 is 15.7 Å². The van der Waals surface area contributed by atoms with E-state index in [4.69, 9.17) is 0 Å². The van der Waals surface area contributed by atoms with Crippen LogP contribution < -0.4 is 10.6 Å². The predicted molar refractivity (Wildman–Crippen MR) is 57.9 cm³/mol. The predicted octanol–water partition coefficient (Wildman–Crippen LogP) is 0.907. The molecule has 1 amide bonds. The van der Waals surface area contributed by atoms with E-state index in [1.165, 1.54) is 6.92 Å². The second-order valence-electron chi connectivity index (χ2n) is 3.41. The van der Waals surface area contributed by atoms with Crippen LogP contribution in [0, 0.1) is 0 Å². The van der Waals surface area contributed by atoms with E-state index < -0.39 is 6.23 Å². The van der Waals surface area contributed by atoms with E-state index in [0.29, 0.717) is 5.70 Å². The van der Waals surface area contributed by atoms with Gasteiger partial charge in [-0.25, -0.2) is 0 Å². The Kier molecular flexibility index (Phi) is 2.43. The topological polar surface area (TPSA) is 61.4 Å². The molecule has 4 heteroatoms. The number of rotatable bonds is 1. The zero-order valence-corrected chi connectivity index (χ0v) is 8.32. The van der Waals surface area contributed by atoms with Crippen LogP contribution in [-0.4, -0.2) is 17.2 Å². The van der Waals surface area contributed by atoms with Crippen molar-refractivity contribution in [1.82, 2.24) is 5.32 Å². The van der Waals surface area contributed by atoms with Crippen molar-refractivity contribution < 1.29 is 9.90 Å². The molecule has 0 saturated carbocycles. The second-order valence-corrected chi connectivity index (χ2v) is 3.41. The van der Waals surface area contributed by atoms with E-state index in [0.717, 1.165) is 11.3 Å². The van der Waals surface area contributed by atoms with E-state index in [-0.39, 0.29) is 5.91 Å². The normalized spacial score (nSPS) is 18.5. The monoisotopic (exact) mass is 204 g/mol. The maximum atomic E-state index is 10.9. The van der Waals surface area contributed by atoms with Gasteiger partial charge in [0.05, 0.1) is 5.70 Å². The van der Waals surface area contributed by atoms with Crippen molar-refractivity contribution in [2.75, 3.05) is 5.32 Å². The Bertz CT molecular complexity index is 426. The van der Waals surface area contributed by atoms with Gasteiger partial charge >= 0.3 is 0 Å². The van der Waals surface area contributed by atoms with E-state index in [1.807, 2.05) is 24.3 Å². The summed E-state index contributed by atoms with van der Waals surface area (Å²) in [6.07, 6.45) is 0.904. The summed E-state index contributed by atoms with van der Waals surface area (Å²) < 4.78 is 0. The van der Waals surface area contributed by atoms with Crippen molar-refractivity contribution in [2.24, 2.45) is 0 Å². The largest absolute Gasteiger partial charge is 0.368 e. The van der Waals surface area contributed by atoms with Gasteiger partial charge in [0.1, 0.15) is 0 Å². The third kappa shape index (κ3) is 1.99. The summed E-state index contributed by atoms with van der Waals surface area (Å²) in [5, 5.41) is 15.1. The summed E-state index contributed by atoms with van der Waals surface area (Å²) in [6.45, 7) is 1.41. The number of anilines is 1. The first-order valence-electron chi connectivity index (χ1n) is 4.69. The lowest BCUT2D eigenvalue weighted by atomic mass is 10.1. The van der Waals surface area contributed by atoms with Crippen molar-refractivity contribution in [3.63, 3.8) is 0 Å². The molecule has 0 bridgehead atoms. The minimum atomic E-state index is -0.858. The average molecular weight is 204 g/mol. The van der Waals surface area contributed by atoms with Crippen LogP contribution in [0.5, 0.6) is 0 Å². The van der Waals surface area contributed by atoms with Gasteiger partial charge in [-0.2, -0.15) is 0 Å². The Hall–Kier alpha value is -1.81. The number of nitrogens with one attached hydrogen (secondary N) is 2. The second kappa shape index (κ2) is 3.74. The van der Waals surface area contributed by atoms with Gasteiger partial charge in [-0.1, -0.05) is 18.2 Å². The molecule has 0 saturated heterocycles. The van der Waals surface area contributed by atoms with Crippen molar-refractivity contribution >= 4 is 17.7 Å². The van der Waals surface area contributed by atoms with Crippen LogP contribution in [0.1, 0.15) is 12.5 Å². The Morgan fingerprint density at radius 2 is 2.20 bits per heavy atom. The van der Waals surface area contributed by atoms with Gasteiger partial charge in [0.25, 0.3) is 0 Å². The number of carbonyl (C=O) groups excluding carboxylic acids is 1. The number of para-hydroxylation sites is 1. The van der Waals surface area contributed by atoms with Crippen LogP contribution in [0.2, 0.25) is 0 Å². The highest BCUT2D eigenvalue weighted by atomic mass is 16.3. The van der Waals surface area contributed by atoms with Gasteiger partial charge in [-0.3, -0.25) is 4.79 Å². The first-order chi connectivity index (χ1) is 7.16. The van der Waals surface area contributed by atoms with Crippen LogP contribution in [0.4, 0.5) is 5.69 Å². The molecule has 1 atom stereocenters. The first kappa shape index (κ1) is 9.73. The number of hydrogen-bond acceptors (Lipinski definition) is 3. The van der Waals surface area contributed by atoms with Crippen molar-refractivity contribution in [3.05, 3.63) is 35.5 Å². The van der Waals surface area contributed by atoms with Gasteiger partial charge in [-0.05, 0) is 17.7 Å². The Labute approximate surface area is 87.6 Å². The molecule has 1 aromatic carbocycles. The van der Waals surface area contributed by atoms with Crippen LogP contribution in [0.3, 0.4) is 0 Å². The summed E-state index contributed by atoms with van der Waals surface area (Å²) >= 11 is 0. The highest BCUT2D eigenvalue weighted by Gasteiger charge is 2.18. The van der Waals surface area contributed by atoms with Gasteiger partial charge in [0.2, 0.25) is 5.91 Å². The Morgan fingerprint density at radius 1 is 1.47 bits per heavy atom. The number of benzene rings is 1. The fourth-order valence-electron chi connectivity index (χ4n) is 1.53. The number of hydrogen-bond donors (Lipinski definition) is 3. The molecule has 1 aliphatic heterocycles. The summed E-state index contributed by atoms with van der Waals surface area (Å²) in [7, 11) is 0. The van der Waals surface area contributed by atoms with Gasteiger partial charge in [0, 0.05) is 12.6 Å². The molecule has 3 N–H and O–H groups in total. The highest BCUT2D eigenvalue weighted by Crippen LogP contribution is 2.24. The molecule has 1 unspecified atom stereocenters. The molecule has 1 aromatic rings. The molecule has 1 heterocycles. The lowest BCUT2D eigenvalue weighted by Crippen LogP contribution is -2.34. The van der Waals surface area contributed by atoms with Crippen molar-refractivity contribution in [3.8, 4) is 0 Å². The lowest BCUT2D eigenvalue weighted by molar-refractivity contribution is -0.118. The zero-order valence-electron chi connectivity index (χ0n) is 8.32. The Balaban J connectivity index is 2.34. The van der Waals surface area contributed by atoms with Crippen LogP contribution in [0.15, 0.2) is 30.0 Å². The van der Waals surface area contributed by atoms with E-state index in [2.05, 4.69) is 10.6 Å². The molecular formula is C11H12N2O2. The molecule has 15 heavy (non-hydrogen) atoms. The molecule has 78 valence electrons. The third-order valence-corrected chi connectivity index (χ3v) is 2.18. The van der Waals surface area contributed by atoms with E-state index in [1.54, 1.807) is 6.08 Å². The fraction of sp³-hybridized carbons (Fsp3) is 0.182. The van der Waals surface area contributed by atoms with E-state index in [9.17, 15) is 9.90 Å². The molecular weight excluding hydrogens is 192 g/mol. The number of amides is 1. The summed E-state index contributed by atoms with van der Waals surface area (Å²) in [6, 6.07) is 7.57. The lowest BCUT2D eigenvalue weighted by Gasteiger charge is -2.24. The summed E-state index contributed by atoms with van der Waals surface area (Å²) in [5.41, 5.74) is 2.28. The molecule has 0 aliphatic carbocycles. The average Bonchev–Trinajstić information content (AvgIpc) is 2.18. The first-order valence-corrected chi connectivity index (χ1v) is 4.69. The fourth-order valence-corrected chi connectivity index (χ4v) is 1.53. The van der Waals surface area contributed by atoms with Crippen molar-refractivity contribution in [1.29, 1.82) is 0 Å². The number of fused-ring (bicyclic) bond motifs is 1. The number of aliphatic hydroxyl groups is 1. The maximum absolute atomic E-state index is 10.9. The maximum Gasteiger partial charge on any atom is 0.221 e. The number of carbonyl (C=O) groups is 1. The van der Waals surface area contributed by atoms with Crippen LogP contribution in [0.25, 0.3) is 6.08 Å². The SMILES string of the molecule is CC(=O)NC1=Cc2ccccc2NC1O. The van der Waals surface area contributed by atoms with Crippen LogP contribution >= 0.6 is 0 Å².